The second-order valence-corrected chi connectivity index (χ2v) is 5.89. The van der Waals surface area contributed by atoms with Gasteiger partial charge in [-0.25, -0.2) is 4.98 Å². The average molecular weight is 288 g/mol. The molecule has 0 atom stereocenters. The average Bonchev–Trinajstić information content (AvgIpc) is 2.94. The summed E-state index contributed by atoms with van der Waals surface area (Å²) >= 11 is 0. The van der Waals surface area contributed by atoms with Gasteiger partial charge in [-0.15, -0.1) is 0 Å². The predicted octanol–water partition coefficient (Wildman–Crippen LogP) is 5.07. The van der Waals surface area contributed by atoms with Crippen LogP contribution in [0.25, 0.3) is 27.5 Å². The van der Waals surface area contributed by atoms with E-state index >= 15 is 0 Å². The summed E-state index contributed by atoms with van der Waals surface area (Å²) in [6, 6.07) is 15.1. The van der Waals surface area contributed by atoms with Crippen molar-refractivity contribution in [1.29, 1.82) is 0 Å². The molecule has 0 spiro atoms. The Balaban J connectivity index is 2.37. The van der Waals surface area contributed by atoms with E-state index < -0.39 is 0 Å². The Morgan fingerprint density at radius 3 is 2.41 bits per heavy atom. The Labute approximate surface area is 130 Å². The summed E-state index contributed by atoms with van der Waals surface area (Å²) < 4.78 is 2.38. The van der Waals surface area contributed by atoms with Crippen LogP contribution >= 0.6 is 0 Å². The summed E-state index contributed by atoms with van der Waals surface area (Å²) in [5.74, 6) is 0. The van der Waals surface area contributed by atoms with Crippen molar-refractivity contribution in [2.75, 3.05) is 0 Å². The third-order valence-corrected chi connectivity index (χ3v) is 4.69. The minimum atomic E-state index is 1.02. The van der Waals surface area contributed by atoms with Crippen LogP contribution in [-0.2, 0) is 12.8 Å². The molecule has 0 N–H and O–H groups in total. The van der Waals surface area contributed by atoms with Crippen LogP contribution in [0.4, 0.5) is 0 Å². The van der Waals surface area contributed by atoms with Crippen LogP contribution in [0.2, 0.25) is 0 Å². The summed E-state index contributed by atoms with van der Waals surface area (Å²) in [4.78, 5) is 4.99. The summed E-state index contributed by atoms with van der Waals surface area (Å²) in [7, 11) is 0. The van der Waals surface area contributed by atoms with Gasteiger partial charge >= 0.3 is 0 Å². The minimum Gasteiger partial charge on any atom is -0.296 e. The highest BCUT2D eigenvalue weighted by Gasteiger charge is 2.16. The summed E-state index contributed by atoms with van der Waals surface area (Å²) in [5.41, 5.74) is 7.53. The lowest BCUT2D eigenvalue weighted by Crippen LogP contribution is -2.03. The van der Waals surface area contributed by atoms with Crippen molar-refractivity contribution in [3.8, 4) is 0 Å². The molecule has 2 aromatic heterocycles. The van der Waals surface area contributed by atoms with Crippen LogP contribution in [0.15, 0.2) is 42.5 Å². The first-order chi connectivity index (χ1) is 10.8. The van der Waals surface area contributed by atoms with E-state index in [1.807, 2.05) is 0 Å². The van der Waals surface area contributed by atoms with E-state index in [1.54, 1.807) is 0 Å². The smallest absolute Gasteiger partial charge is 0.146 e. The molecule has 0 unspecified atom stereocenters. The molecule has 0 saturated carbocycles. The van der Waals surface area contributed by atoms with Gasteiger partial charge in [-0.05, 0) is 42.3 Å². The number of rotatable bonds is 2. The number of aromatic nitrogens is 2. The molecule has 2 aromatic carbocycles. The topological polar surface area (TPSA) is 17.3 Å². The van der Waals surface area contributed by atoms with Crippen molar-refractivity contribution < 1.29 is 0 Å². The van der Waals surface area contributed by atoms with Crippen LogP contribution in [0.1, 0.15) is 30.7 Å². The maximum Gasteiger partial charge on any atom is 0.146 e. The molecule has 22 heavy (non-hydrogen) atoms. The van der Waals surface area contributed by atoms with Crippen molar-refractivity contribution in [3.05, 3.63) is 59.3 Å². The van der Waals surface area contributed by atoms with E-state index in [-0.39, 0.29) is 0 Å². The maximum absolute atomic E-state index is 4.99. The molecule has 0 aliphatic rings. The molecular weight excluding hydrogens is 268 g/mol. The highest BCUT2D eigenvalue weighted by Crippen LogP contribution is 2.31. The third-order valence-electron chi connectivity index (χ3n) is 4.69. The Bertz CT molecular complexity index is 1010. The van der Waals surface area contributed by atoms with Crippen LogP contribution < -0.4 is 0 Å². The van der Waals surface area contributed by atoms with Crippen LogP contribution in [0.5, 0.6) is 0 Å². The highest BCUT2D eigenvalue weighted by atomic mass is 15.0. The molecule has 0 aliphatic heterocycles. The number of fused-ring (bicyclic) bond motifs is 5. The number of nitrogens with zero attached hydrogens (tertiary/aromatic N) is 2. The standard InChI is InChI=1S/C20H20N2/c1-4-14-15-10-6-7-11-16(15)20-21-19-13(3)9-8-12-18(19)22(20)17(14)5-2/h6-12H,4-5H2,1-3H3. The van der Waals surface area contributed by atoms with Gasteiger partial charge in [-0.1, -0.05) is 50.2 Å². The number of imidazole rings is 1. The molecular formula is C20H20N2. The number of para-hydroxylation sites is 1. The molecule has 0 radical (unpaired) electrons. The predicted molar refractivity (Wildman–Crippen MR) is 93.7 cm³/mol. The fourth-order valence-corrected chi connectivity index (χ4v) is 3.69. The second kappa shape index (κ2) is 4.84. The molecule has 4 aromatic rings. The van der Waals surface area contributed by atoms with Crippen LogP contribution in [0.3, 0.4) is 0 Å². The van der Waals surface area contributed by atoms with Gasteiger partial charge in [-0.3, -0.25) is 4.40 Å². The molecule has 2 heteroatoms. The van der Waals surface area contributed by atoms with Gasteiger partial charge < -0.3 is 0 Å². The Morgan fingerprint density at radius 1 is 0.909 bits per heavy atom. The van der Waals surface area contributed by atoms with E-state index in [9.17, 15) is 0 Å². The van der Waals surface area contributed by atoms with Crippen molar-refractivity contribution >= 4 is 27.5 Å². The second-order valence-electron chi connectivity index (χ2n) is 5.89. The van der Waals surface area contributed by atoms with Gasteiger partial charge in [0.05, 0.1) is 11.0 Å². The molecule has 0 amide bonds. The SMILES string of the molecule is CCc1c(CC)n2c3cccc(C)c3nc2c2ccccc12. The fraction of sp³-hybridized carbons (Fsp3) is 0.250. The van der Waals surface area contributed by atoms with Gasteiger partial charge in [0.25, 0.3) is 0 Å². The zero-order chi connectivity index (χ0) is 15.3. The molecule has 0 aliphatic carbocycles. The van der Waals surface area contributed by atoms with Crippen molar-refractivity contribution in [2.45, 2.75) is 33.6 Å². The first-order valence-corrected chi connectivity index (χ1v) is 8.06. The van der Waals surface area contributed by atoms with E-state index in [4.69, 9.17) is 4.98 Å². The molecule has 4 rings (SSSR count). The zero-order valence-corrected chi connectivity index (χ0v) is 13.4. The lowest BCUT2D eigenvalue weighted by atomic mass is 10.00. The zero-order valence-electron chi connectivity index (χ0n) is 13.4. The number of hydrogen-bond donors (Lipinski definition) is 0. The Morgan fingerprint density at radius 2 is 1.68 bits per heavy atom. The molecule has 0 bridgehead atoms. The minimum absolute atomic E-state index is 1.02. The van der Waals surface area contributed by atoms with Gasteiger partial charge in [0.1, 0.15) is 5.65 Å². The van der Waals surface area contributed by atoms with E-state index in [1.165, 1.54) is 33.1 Å². The van der Waals surface area contributed by atoms with E-state index in [0.29, 0.717) is 0 Å². The quantitative estimate of drug-likeness (QED) is 0.503. The van der Waals surface area contributed by atoms with Crippen LogP contribution in [-0.4, -0.2) is 9.38 Å². The first-order valence-electron chi connectivity index (χ1n) is 8.06. The number of aryl methyl sites for hydroxylation is 3. The normalized spacial score (nSPS) is 11.8. The molecule has 2 nitrogen and oxygen atoms in total. The first kappa shape index (κ1) is 13.3. The largest absolute Gasteiger partial charge is 0.296 e. The van der Waals surface area contributed by atoms with Crippen molar-refractivity contribution in [2.24, 2.45) is 0 Å². The number of pyridine rings is 1. The molecule has 2 heterocycles. The molecule has 0 fully saturated rings. The van der Waals surface area contributed by atoms with Gasteiger partial charge in [0.15, 0.2) is 0 Å². The fourth-order valence-electron chi connectivity index (χ4n) is 3.69. The maximum atomic E-state index is 4.99. The van der Waals surface area contributed by atoms with Gasteiger partial charge in [0, 0.05) is 11.1 Å². The van der Waals surface area contributed by atoms with Crippen molar-refractivity contribution in [1.82, 2.24) is 9.38 Å². The van der Waals surface area contributed by atoms with E-state index in [0.717, 1.165) is 24.0 Å². The van der Waals surface area contributed by atoms with Gasteiger partial charge in [-0.2, -0.15) is 0 Å². The summed E-state index contributed by atoms with van der Waals surface area (Å²) in [5, 5.41) is 2.61. The molecule has 110 valence electrons. The molecule has 0 saturated heterocycles. The monoisotopic (exact) mass is 288 g/mol. The number of benzene rings is 2. The number of hydrogen-bond acceptors (Lipinski definition) is 1. The van der Waals surface area contributed by atoms with Gasteiger partial charge in [0.2, 0.25) is 0 Å². The lowest BCUT2D eigenvalue weighted by Gasteiger charge is -2.14. The van der Waals surface area contributed by atoms with Crippen molar-refractivity contribution in [3.63, 3.8) is 0 Å². The lowest BCUT2D eigenvalue weighted by molar-refractivity contribution is 0.952. The van der Waals surface area contributed by atoms with E-state index in [2.05, 4.69) is 67.6 Å². The van der Waals surface area contributed by atoms with Crippen LogP contribution in [0, 0.1) is 6.92 Å². The highest BCUT2D eigenvalue weighted by molar-refractivity contribution is 6.01. The summed E-state index contributed by atoms with van der Waals surface area (Å²) in [6.07, 6.45) is 2.06. The third kappa shape index (κ3) is 1.64. The Hall–Kier alpha value is -2.35. The Kier molecular flexibility index (Phi) is 2.93. The summed E-state index contributed by atoms with van der Waals surface area (Å²) in [6.45, 7) is 6.63.